The maximum absolute atomic E-state index is 13.5. The molecule has 0 aliphatic heterocycles. The number of benzene rings is 2. The van der Waals surface area contributed by atoms with Crippen LogP contribution in [0, 0.1) is 5.82 Å². The van der Waals surface area contributed by atoms with Crippen LogP contribution in [0.4, 0.5) is 4.39 Å². The SMILES string of the molecule is CC[S@@](=O)c1ccccc1C(=O)NCc1ccccc1F. The summed E-state index contributed by atoms with van der Waals surface area (Å²) < 4.78 is 25.4. The zero-order valence-electron chi connectivity index (χ0n) is 11.6. The van der Waals surface area contributed by atoms with E-state index >= 15 is 0 Å². The van der Waals surface area contributed by atoms with Crippen molar-refractivity contribution in [2.24, 2.45) is 0 Å². The van der Waals surface area contributed by atoms with Crippen molar-refractivity contribution in [3.63, 3.8) is 0 Å². The normalized spacial score (nSPS) is 11.9. The number of amides is 1. The summed E-state index contributed by atoms with van der Waals surface area (Å²) in [5.41, 5.74) is 0.786. The summed E-state index contributed by atoms with van der Waals surface area (Å²) in [5, 5.41) is 2.66. The molecule has 2 rings (SSSR count). The van der Waals surface area contributed by atoms with E-state index in [9.17, 15) is 13.4 Å². The lowest BCUT2D eigenvalue weighted by Crippen LogP contribution is -2.24. The Bertz CT molecular complexity index is 673. The van der Waals surface area contributed by atoms with Crippen molar-refractivity contribution in [3.8, 4) is 0 Å². The zero-order valence-corrected chi connectivity index (χ0v) is 12.5. The van der Waals surface area contributed by atoms with Gasteiger partial charge in [-0.1, -0.05) is 37.3 Å². The molecule has 0 aliphatic carbocycles. The molecule has 2 aromatic rings. The minimum Gasteiger partial charge on any atom is -0.348 e. The molecule has 0 aromatic heterocycles. The third-order valence-electron chi connectivity index (χ3n) is 3.04. The fourth-order valence-electron chi connectivity index (χ4n) is 1.92. The summed E-state index contributed by atoms with van der Waals surface area (Å²) in [5.74, 6) is -0.267. The minimum atomic E-state index is -1.21. The summed E-state index contributed by atoms with van der Waals surface area (Å²) in [6.07, 6.45) is 0. The first kappa shape index (κ1) is 15.4. The highest BCUT2D eigenvalue weighted by Crippen LogP contribution is 2.14. The highest BCUT2D eigenvalue weighted by atomic mass is 32.2. The maximum Gasteiger partial charge on any atom is 0.252 e. The molecule has 1 atom stereocenters. The van der Waals surface area contributed by atoms with Gasteiger partial charge >= 0.3 is 0 Å². The Morgan fingerprint density at radius 2 is 1.81 bits per heavy atom. The van der Waals surface area contributed by atoms with E-state index in [-0.39, 0.29) is 18.3 Å². The molecule has 21 heavy (non-hydrogen) atoms. The molecular weight excluding hydrogens is 289 g/mol. The van der Waals surface area contributed by atoms with Crippen LogP contribution in [0.1, 0.15) is 22.8 Å². The second-order valence-electron chi connectivity index (χ2n) is 4.40. The molecule has 0 radical (unpaired) electrons. The van der Waals surface area contributed by atoms with Crippen LogP contribution < -0.4 is 5.32 Å². The number of nitrogens with one attached hydrogen (secondary N) is 1. The minimum absolute atomic E-state index is 0.0958. The van der Waals surface area contributed by atoms with Crippen LogP contribution in [0.2, 0.25) is 0 Å². The lowest BCUT2D eigenvalue weighted by Gasteiger charge is -2.09. The van der Waals surface area contributed by atoms with Gasteiger partial charge in [0.05, 0.1) is 21.3 Å². The van der Waals surface area contributed by atoms with Gasteiger partial charge in [0.25, 0.3) is 5.91 Å². The largest absolute Gasteiger partial charge is 0.348 e. The Kier molecular flexibility index (Phi) is 5.22. The summed E-state index contributed by atoms with van der Waals surface area (Å²) in [6, 6.07) is 13.0. The van der Waals surface area contributed by atoms with E-state index < -0.39 is 10.8 Å². The molecule has 3 nitrogen and oxygen atoms in total. The standard InChI is InChI=1S/C16H16FNO2S/c1-2-21(20)15-10-6-4-8-13(15)16(19)18-11-12-7-3-5-9-14(12)17/h3-10H,2,11H2,1H3,(H,18,19)/t21-/m1/s1. The number of halogens is 1. The number of carbonyl (C=O) groups excluding carboxylic acids is 1. The second kappa shape index (κ2) is 7.13. The zero-order chi connectivity index (χ0) is 15.2. The molecule has 0 bridgehead atoms. The predicted octanol–water partition coefficient (Wildman–Crippen LogP) is 2.88. The Hall–Kier alpha value is -2.01. The van der Waals surface area contributed by atoms with Gasteiger partial charge in [-0.05, 0) is 18.2 Å². The average Bonchev–Trinajstić information content (AvgIpc) is 2.53. The van der Waals surface area contributed by atoms with E-state index in [1.165, 1.54) is 6.07 Å². The van der Waals surface area contributed by atoms with Gasteiger partial charge in [-0.2, -0.15) is 0 Å². The first-order chi connectivity index (χ1) is 10.1. The van der Waals surface area contributed by atoms with Gasteiger partial charge in [0, 0.05) is 17.9 Å². The van der Waals surface area contributed by atoms with E-state index in [1.807, 2.05) is 0 Å². The van der Waals surface area contributed by atoms with Crippen LogP contribution in [0.5, 0.6) is 0 Å². The molecule has 5 heteroatoms. The molecule has 1 N–H and O–H groups in total. The predicted molar refractivity (Wildman–Crippen MR) is 81.0 cm³/mol. The molecule has 2 aromatic carbocycles. The molecule has 0 saturated heterocycles. The van der Waals surface area contributed by atoms with Crippen molar-refractivity contribution in [1.82, 2.24) is 5.32 Å². The summed E-state index contributed by atoms with van der Waals surface area (Å²) in [4.78, 5) is 12.7. The third kappa shape index (κ3) is 3.76. The number of carbonyl (C=O) groups is 1. The molecule has 0 saturated carbocycles. The van der Waals surface area contributed by atoms with Crippen molar-refractivity contribution in [2.45, 2.75) is 18.4 Å². The molecule has 0 aliphatic rings. The van der Waals surface area contributed by atoms with E-state index in [1.54, 1.807) is 49.4 Å². The highest BCUT2D eigenvalue weighted by Gasteiger charge is 2.14. The smallest absolute Gasteiger partial charge is 0.252 e. The molecule has 0 unspecified atom stereocenters. The molecule has 0 spiro atoms. The lowest BCUT2D eigenvalue weighted by atomic mass is 10.2. The van der Waals surface area contributed by atoms with Crippen molar-refractivity contribution >= 4 is 16.7 Å². The van der Waals surface area contributed by atoms with Gasteiger partial charge in [0.15, 0.2) is 0 Å². The summed E-state index contributed by atoms with van der Waals surface area (Å²) in [6.45, 7) is 1.89. The fourth-order valence-corrected chi connectivity index (χ4v) is 2.87. The lowest BCUT2D eigenvalue weighted by molar-refractivity contribution is 0.0947. The Morgan fingerprint density at radius 3 is 2.52 bits per heavy atom. The summed E-state index contributed by atoms with van der Waals surface area (Å²) in [7, 11) is -1.21. The van der Waals surface area contributed by atoms with E-state index in [0.29, 0.717) is 21.8 Å². The third-order valence-corrected chi connectivity index (χ3v) is 4.41. The topological polar surface area (TPSA) is 46.2 Å². The summed E-state index contributed by atoms with van der Waals surface area (Å²) >= 11 is 0. The Labute approximate surface area is 125 Å². The van der Waals surface area contributed by atoms with Gasteiger partial charge in [0.2, 0.25) is 0 Å². The van der Waals surface area contributed by atoms with Gasteiger partial charge in [-0.15, -0.1) is 0 Å². The van der Waals surface area contributed by atoms with Gasteiger partial charge in [0.1, 0.15) is 5.82 Å². The van der Waals surface area contributed by atoms with Crippen LogP contribution in [0.15, 0.2) is 53.4 Å². The maximum atomic E-state index is 13.5. The molecule has 0 heterocycles. The van der Waals surface area contributed by atoms with Crippen LogP contribution in [-0.2, 0) is 17.3 Å². The van der Waals surface area contributed by atoms with E-state index in [0.717, 1.165) is 0 Å². The van der Waals surface area contributed by atoms with Gasteiger partial charge < -0.3 is 5.32 Å². The van der Waals surface area contributed by atoms with Crippen LogP contribution in [0.25, 0.3) is 0 Å². The quantitative estimate of drug-likeness (QED) is 0.923. The molecule has 110 valence electrons. The van der Waals surface area contributed by atoms with Crippen molar-refractivity contribution in [3.05, 3.63) is 65.5 Å². The number of rotatable bonds is 5. The first-order valence-corrected chi connectivity index (χ1v) is 7.94. The average molecular weight is 305 g/mol. The molecular formula is C16H16FNO2S. The monoisotopic (exact) mass is 305 g/mol. The number of hydrogen-bond acceptors (Lipinski definition) is 2. The van der Waals surface area contributed by atoms with Gasteiger partial charge in [-0.3, -0.25) is 9.00 Å². The second-order valence-corrected chi connectivity index (χ2v) is 6.11. The van der Waals surface area contributed by atoms with E-state index in [2.05, 4.69) is 5.32 Å². The molecule has 0 fully saturated rings. The van der Waals surface area contributed by atoms with Crippen molar-refractivity contribution in [2.75, 3.05) is 5.75 Å². The van der Waals surface area contributed by atoms with Gasteiger partial charge in [-0.25, -0.2) is 4.39 Å². The van der Waals surface area contributed by atoms with Crippen molar-refractivity contribution < 1.29 is 13.4 Å². The highest BCUT2D eigenvalue weighted by molar-refractivity contribution is 7.85. The first-order valence-electron chi connectivity index (χ1n) is 6.62. The Balaban J connectivity index is 2.14. The molecule has 1 amide bonds. The van der Waals surface area contributed by atoms with Crippen LogP contribution in [-0.4, -0.2) is 15.9 Å². The van der Waals surface area contributed by atoms with Crippen LogP contribution in [0.3, 0.4) is 0 Å². The fraction of sp³-hybridized carbons (Fsp3) is 0.188. The van der Waals surface area contributed by atoms with E-state index in [4.69, 9.17) is 0 Å². The van der Waals surface area contributed by atoms with Crippen LogP contribution >= 0.6 is 0 Å². The number of hydrogen-bond donors (Lipinski definition) is 1. The Morgan fingerprint density at radius 1 is 1.14 bits per heavy atom. The van der Waals surface area contributed by atoms with Crippen molar-refractivity contribution in [1.29, 1.82) is 0 Å².